The van der Waals surface area contributed by atoms with E-state index in [1.807, 2.05) is 5.32 Å². The molecule has 1 N–H and O–H groups in total. The third kappa shape index (κ3) is 2.10. The molecule has 0 unspecified atom stereocenters. The van der Waals surface area contributed by atoms with Gasteiger partial charge >= 0.3 is 6.03 Å². The molecule has 0 radical (unpaired) electrons. The molecule has 1 aromatic carbocycles. The minimum absolute atomic E-state index is 0.302. The third-order valence-electron chi connectivity index (χ3n) is 2.66. The van der Waals surface area contributed by atoms with Gasteiger partial charge in [0.1, 0.15) is 5.82 Å². The van der Waals surface area contributed by atoms with Gasteiger partial charge in [-0.1, -0.05) is 12.1 Å². The highest BCUT2D eigenvalue weighted by atomic mass is 19.1. The first-order valence-electron chi connectivity index (χ1n) is 5.37. The zero-order chi connectivity index (χ0) is 14.2. The Morgan fingerprint density at radius 3 is 2.47 bits per heavy atom. The molecule has 98 valence electrons. The largest absolute Gasteiger partial charge is 0.335 e. The zero-order valence-corrected chi connectivity index (χ0v) is 9.84. The SMILES string of the molecule is CC(=O)[C@H]1C(=O)NC(=O)N(c2ccccc2F)C1=O. The van der Waals surface area contributed by atoms with E-state index >= 15 is 0 Å². The summed E-state index contributed by atoms with van der Waals surface area (Å²) in [5, 5.41) is 1.86. The molecule has 1 saturated heterocycles. The molecule has 2 rings (SSSR count). The number of barbiturate groups is 1. The fraction of sp³-hybridized carbons (Fsp3) is 0.167. The number of amides is 4. The number of ketones is 1. The highest BCUT2D eigenvalue weighted by molar-refractivity contribution is 6.34. The summed E-state index contributed by atoms with van der Waals surface area (Å²) < 4.78 is 13.6. The topological polar surface area (TPSA) is 83.6 Å². The van der Waals surface area contributed by atoms with Crippen LogP contribution in [0, 0.1) is 11.7 Å². The molecule has 1 atom stereocenters. The molecule has 0 aromatic heterocycles. The smallest absolute Gasteiger partial charge is 0.299 e. The molecule has 1 fully saturated rings. The summed E-state index contributed by atoms with van der Waals surface area (Å²) in [5.74, 6) is -5.18. The summed E-state index contributed by atoms with van der Waals surface area (Å²) in [7, 11) is 0. The molecule has 1 aliphatic heterocycles. The molecule has 6 nitrogen and oxygen atoms in total. The van der Waals surface area contributed by atoms with Crippen LogP contribution in [0.15, 0.2) is 24.3 Å². The number of nitrogens with one attached hydrogen (secondary N) is 1. The number of Topliss-reactive ketones (excluding diaryl/α,β-unsaturated/α-hetero) is 1. The fourth-order valence-corrected chi connectivity index (χ4v) is 1.79. The highest BCUT2D eigenvalue weighted by Crippen LogP contribution is 2.23. The quantitative estimate of drug-likeness (QED) is 0.793. The lowest BCUT2D eigenvalue weighted by atomic mass is 10.00. The third-order valence-corrected chi connectivity index (χ3v) is 2.66. The molecule has 19 heavy (non-hydrogen) atoms. The maximum atomic E-state index is 13.6. The van der Waals surface area contributed by atoms with Crippen LogP contribution in [-0.4, -0.2) is 23.6 Å². The van der Waals surface area contributed by atoms with Crippen molar-refractivity contribution in [1.29, 1.82) is 0 Å². The molecule has 0 aliphatic carbocycles. The lowest BCUT2D eigenvalue weighted by Gasteiger charge is -2.29. The average Bonchev–Trinajstić information content (AvgIpc) is 2.30. The van der Waals surface area contributed by atoms with E-state index in [1.165, 1.54) is 18.2 Å². The van der Waals surface area contributed by atoms with Gasteiger partial charge in [-0.05, 0) is 19.1 Å². The van der Waals surface area contributed by atoms with Crippen LogP contribution < -0.4 is 10.2 Å². The van der Waals surface area contributed by atoms with Crippen molar-refractivity contribution in [3.05, 3.63) is 30.1 Å². The Bertz CT molecular complexity index is 599. The van der Waals surface area contributed by atoms with Crippen LogP contribution in [0.25, 0.3) is 0 Å². The van der Waals surface area contributed by atoms with Crippen molar-refractivity contribution in [2.45, 2.75) is 6.92 Å². The second kappa shape index (κ2) is 4.60. The number of rotatable bonds is 2. The lowest BCUT2D eigenvalue weighted by Crippen LogP contribution is -2.60. The Morgan fingerprint density at radius 1 is 1.26 bits per heavy atom. The Morgan fingerprint density at radius 2 is 1.89 bits per heavy atom. The van der Waals surface area contributed by atoms with E-state index in [-0.39, 0.29) is 5.69 Å². The number of benzene rings is 1. The van der Waals surface area contributed by atoms with Gasteiger partial charge in [0, 0.05) is 0 Å². The van der Waals surface area contributed by atoms with Crippen molar-refractivity contribution in [2.75, 3.05) is 4.90 Å². The van der Waals surface area contributed by atoms with Gasteiger partial charge in [0.2, 0.25) is 5.91 Å². The molecule has 4 amide bonds. The highest BCUT2D eigenvalue weighted by Gasteiger charge is 2.44. The molecule has 0 spiro atoms. The van der Waals surface area contributed by atoms with E-state index < -0.39 is 35.4 Å². The van der Waals surface area contributed by atoms with E-state index in [1.54, 1.807) is 0 Å². The zero-order valence-electron chi connectivity index (χ0n) is 9.84. The summed E-state index contributed by atoms with van der Waals surface area (Å²) in [5.41, 5.74) is -0.302. The number of anilines is 1. The summed E-state index contributed by atoms with van der Waals surface area (Å²) in [6, 6.07) is 4.02. The molecule has 7 heteroatoms. The molecular weight excluding hydrogens is 255 g/mol. The molecule has 0 bridgehead atoms. The lowest BCUT2D eigenvalue weighted by molar-refractivity contribution is -0.140. The van der Waals surface area contributed by atoms with Crippen molar-refractivity contribution >= 4 is 29.3 Å². The average molecular weight is 264 g/mol. The first-order chi connectivity index (χ1) is 8.93. The summed E-state index contributed by atoms with van der Waals surface area (Å²) in [4.78, 5) is 46.8. The number of para-hydroxylation sites is 1. The number of hydrogen-bond acceptors (Lipinski definition) is 4. The van der Waals surface area contributed by atoms with Gasteiger partial charge in [-0.3, -0.25) is 19.7 Å². The van der Waals surface area contributed by atoms with Crippen molar-refractivity contribution in [3.8, 4) is 0 Å². The van der Waals surface area contributed by atoms with Crippen molar-refractivity contribution in [3.63, 3.8) is 0 Å². The van der Waals surface area contributed by atoms with E-state index in [4.69, 9.17) is 0 Å². The molecule has 1 aliphatic rings. The molecule has 1 heterocycles. The monoisotopic (exact) mass is 264 g/mol. The maximum absolute atomic E-state index is 13.6. The van der Waals surface area contributed by atoms with Gasteiger partial charge < -0.3 is 0 Å². The van der Waals surface area contributed by atoms with Crippen molar-refractivity contribution in [1.82, 2.24) is 5.32 Å². The van der Waals surface area contributed by atoms with Gasteiger partial charge in [-0.25, -0.2) is 14.1 Å². The van der Waals surface area contributed by atoms with Crippen LogP contribution in [0.3, 0.4) is 0 Å². The van der Waals surface area contributed by atoms with Crippen LogP contribution in [0.1, 0.15) is 6.92 Å². The number of hydrogen-bond donors (Lipinski definition) is 1. The van der Waals surface area contributed by atoms with Gasteiger partial charge in [0.25, 0.3) is 5.91 Å². The number of nitrogens with zero attached hydrogens (tertiary/aromatic N) is 1. The first-order valence-corrected chi connectivity index (χ1v) is 5.37. The Labute approximate surface area is 107 Å². The number of halogens is 1. The fourth-order valence-electron chi connectivity index (χ4n) is 1.79. The van der Waals surface area contributed by atoms with Crippen LogP contribution in [0.4, 0.5) is 14.9 Å². The molecule has 1 aromatic rings. The minimum Gasteiger partial charge on any atom is -0.299 e. The number of urea groups is 1. The van der Waals surface area contributed by atoms with Crippen LogP contribution in [-0.2, 0) is 14.4 Å². The van der Waals surface area contributed by atoms with E-state index in [0.717, 1.165) is 13.0 Å². The predicted molar refractivity (Wildman–Crippen MR) is 61.6 cm³/mol. The van der Waals surface area contributed by atoms with Gasteiger partial charge in [-0.2, -0.15) is 0 Å². The van der Waals surface area contributed by atoms with Crippen LogP contribution >= 0.6 is 0 Å². The normalized spacial score (nSPS) is 19.4. The number of carbonyl (C=O) groups is 4. The summed E-state index contributed by atoms with van der Waals surface area (Å²) >= 11 is 0. The maximum Gasteiger partial charge on any atom is 0.335 e. The Hall–Kier alpha value is -2.57. The van der Waals surface area contributed by atoms with E-state index in [9.17, 15) is 23.6 Å². The molecular formula is C12H9FN2O4. The second-order valence-corrected chi connectivity index (χ2v) is 3.96. The van der Waals surface area contributed by atoms with Crippen LogP contribution in [0.2, 0.25) is 0 Å². The van der Waals surface area contributed by atoms with E-state index in [0.29, 0.717) is 4.90 Å². The van der Waals surface area contributed by atoms with Crippen molar-refractivity contribution < 1.29 is 23.6 Å². The molecule has 0 saturated carbocycles. The van der Waals surface area contributed by atoms with Gasteiger partial charge in [0.15, 0.2) is 11.7 Å². The number of carbonyl (C=O) groups excluding carboxylic acids is 4. The van der Waals surface area contributed by atoms with Crippen molar-refractivity contribution in [2.24, 2.45) is 5.92 Å². The Balaban J connectivity index is 2.48. The summed E-state index contributed by atoms with van der Waals surface area (Å²) in [6.07, 6.45) is 0. The first kappa shape index (κ1) is 12.9. The predicted octanol–water partition coefficient (Wildman–Crippen LogP) is 0.614. The Kier molecular flexibility index (Phi) is 3.12. The number of imide groups is 2. The summed E-state index contributed by atoms with van der Waals surface area (Å²) in [6.45, 7) is 1.05. The second-order valence-electron chi connectivity index (χ2n) is 3.96. The van der Waals surface area contributed by atoms with Gasteiger partial charge in [-0.15, -0.1) is 0 Å². The van der Waals surface area contributed by atoms with Crippen LogP contribution in [0.5, 0.6) is 0 Å². The van der Waals surface area contributed by atoms with Gasteiger partial charge in [0.05, 0.1) is 5.69 Å². The minimum atomic E-state index is -1.63. The van der Waals surface area contributed by atoms with E-state index in [2.05, 4.69) is 0 Å². The standard InChI is InChI=1S/C12H9FN2O4/c1-6(16)9-10(17)14-12(19)15(11(9)18)8-5-3-2-4-7(8)13/h2-5,9H,1H3,(H,14,17,19)/t9-/m0/s1.